The van der Waals surface area contributed by atoms with Crippen molar-refractivity contribution in [2.75, 3.05) is 19.9 Å². The normalized spacial score (nSPS) is 12.5. The lowest BCUT2D eigenvalue weighted by Gasteiger charge is -2.14. The predicted octanol–water partition coefficient (Wildman–Crippen LogP) is 2.98. The lowest BCUT2D eigenvalue weighted by molar-refractivity contribution is 0.246. The second-order valence-corrected chi connectivity index (χ2v) is 5.99. The Bertz CT molecular complexity index is 135. The largest absolute Gasteiger partial charge is 0.329 e. The molecule has 0 N–H and O–H groups in total. The first-order valence-electron chi connectivity index (χ1n) is 4.19. The van der Waals surface area contributed by atoms with Gasteiger partial charge in [0.2, 0.25) is 0 Å². The highest BCUT2D eigenvalue weighted by molar-refractivity contribution is 7.57. The first-order valence-corrected chi connectivity index (χ1v) is 6.71. The van der Waals surface area contributed by atoms with Crippen LogP contribution < -0.4 is 0 Å². The minimum Gasteiger partial charge on any atom is -0.329 e. The highest BCUT2D eigenvalue weighted by Gasteiger charge is 2.10. The highest BCUT2D eigenvalue weighted by Crippen LogP contribution is 2.38. The molecule has 0 bridgehead atoms. The van der Waals surface area contributed by atoms with Gasteiger partial charge in [-0.15, -0.1) is 0 Å². The van der Waals surface area contributed by atoms with E-state index in [1.165, 1.54) is 0 Å². The van der Waals surface area contributed by atoms with E-state index in [2.05, 4.69) is 13.8 Å². The summed E-state index contributed by atoms with van der Waals surface area (Å²) in [6, 6.07) is 0. The number of hydrogen-bond donors (Lipinski definition) is 0. The average Bonchev–Trinajstić information content (AvgIpc) is 1.88. The molecule has 0 saturated heterocycles. The Balaban J connectivity index is 3.59. The van der Waals surface area contributed by atoms with Crippen LogP contribution in [-0.2, 0) is 9.09 Å². The molecule has 0 amide bonds. The summed E-state index contributed by atoms with van der Waals surface area (Å²) >= 11 is 0. The lowest BCUT2D eigenvalue weighted by atomic mass is 10.1. The third-order valence-corrected chi connectivity index (χ3v) is 2.55. The molecular weight excluding hydrogens is 159 g/mol. The summed E-state index contributed by atoms with van der Waals surface area (Å²) in [7, 11) is -2.25. The zero-order chi connectivity index (χ0) is 8.91. The van der Waals surface area contributed by atoms with E-state index in [-0.39, 0.29) is 0 Å². The Labute approximate surface area is 69.8 Å². The van der Waals surface area contributed by atoms with Crippen LogP contribution in [0.4, 0.5) is 0 Å². The summed E-state index contributed by atoms with van der Waals surface area (Å²) in [4.78, 5) is 0. The van der Waals surface area contributed by atoms with Gasteiger partial charge in [0.15, 0.2) is 7.37 Å². The number of rotatable bonds is 5. The van der Waals surface area contributed by atoms with Gasteiger partial charge in [0.1, 0.15) is 0 Å². The molecule has 0 heterocycles. The summed E-state index contributed by atoms with van der Waals surface area (Å²) in [6.07, 6.45) is 2.22. The van der Waals surface area contributed by atoms with Crippen LogP contribution in [0.15, 0.2) is 0 Å². The van der Waals surface area contributed by atoms with Gasteiger partial charge in [0.05, 0.1) is 6.61 Å². The summed E-state index contributed by atoms with van der Waals surface area (Å²) in [6.45, 7) is 8.24. The van der Waals surface area contributed by atoms with E-state index < -0.39 is 7.37 Å². The van der Waals surface area contributed by atoms with Gasteiger partial charge in [-0.1, -0.05) is 26.7 Å². The van der Waals surface area contributed by atoms with Crippen LogP contribution in [0.25, 0.3) is 0 Å². The van der Waals surface area contributed by atoms with E-state index in [0.29, 0.717) is 12.5 Å². The van der Waals surface area contributed by atoms with Crippen molar-refractivity contribution in [1.29, 1.82) is 0 Å². The van der Waals surface area contributed by atoms with E-state index in [9.17, 15) is 4.57 Å². The molecule has 0 aromatic rings. The van der Waals surface area contributed by atoms with E-state index in [1.807, 2.05) is 0 Å². The Morgan fingerprint density at radius 3 is 2.00 bits per heavy atom. The van der Waals surface area contributed by atoms with E-state index >= 15 is 0 Å². The fourth-order valence-corrected chi connectivity index (χ4v) is 1.38. The lowest BCUT2D eigenvalue weighted by Crippen LogP contribution is -2.05. The maximum absolute atomic E-state index is 11.1. The van der Waals surface area contributed by atoms with Gasteiger partial charge in [-0.2, -0.15) is 0 Å². The van der Waals surface area contributed by atoms with Gasteiger partial charge in [-0.25, -0.2) is 0 Å². The molecule has 0 saturated carbocycles. The van der Waals surface area contributed by atoms with Crippen molar-refractivity contribution in [3.63, 3.8) is 0 Å². The van der Waals surface area contributed by atoms with Crippen molar-refractivity contribution in [3.05, 3.63) is 0 Å². The smallest absolute Gasteiger partial charge is 0.197 e. The second kappa shape index (κ2) is 4.95. The molecule has 0 aliphatic rings. The van der Waals surface area contributed by atoms with Gasteiger partial charge >= 0.3 is 0 Å². The van der Waals surface area contributed by atoms with Crippen LogP contribution in [0.3, 0.4) is 0 Å². The third-order valence-electron chi connectivity index (χ3n) is 1.78. The van der Waals surface area contributed by atoms with Gasteiger partial charge in [-0.3, -0.25) is 4.57 Å². The predicted molar refractivity (Wildman–Crippen MR) is 49.5 cm³/mol. The molecule has 0 spiro atoms. The van der Waals surface area contributed by atoms with Crippen LogP contribution >= 0.6 is 7.37 Å². The van der Waals surface area contributed by atoms with Gasteiger partial charge < -0.3 is 4.52 Å². The molecule has 0 atom stereocenters. The topological polar surface area (TPSA) is 26.3 Å². The average molecular weight is 178 g/mol. The Hall–Kier alpha value is 0.190. The van der Waals surface area contributed by atoms with Crippen LogP contribution in [0, 0.1) is 5.92 Å². The highest BCUT2D eigenvalue weighted by atomic mass is 31.2. The summed E-state index contributed by atoms with van der Waals surface area (Å²) in [5.41, 5.74) is 0. The van der Waals surface area contributed by atoms with Crippen LogP contribution in [0.5, 0.6) is 0 Å². The van der Waals surface area contributed by atoms with E-state index in [1.54, 1.807) is 13.3 Å². The molecule has 0 aromatic heterocycles. The quantitative estimate of drug-likeness (QED) is 0.605. The van der Waals surface area contributed by atoms with E-state index in [4.69, 9.17) is 4.52 Å². The molecule has 2 nitrogen and oxygen atoms in total. The maximum atomic E-state index is 11.1. The maximum Gasteiger partial charge on any atom is 0.197 e. The van der Waals surface area contributed by atoms with Crippen molar-refractivity contribution < 1.29 is 9.09 Å². The summed E-state index contributed by atoms with van der Waals surface area (Å²) < 4.78 is 16.4. The standard InChI is InChI=1S/C8H19O2P/c1-5-8(6-2)7-10-11(3,4)9/h8H,5-7H2,1-4H3. The van der Waals surface area contributed by atoms with Crippen molar-refractivity contribution >= 4 is 7.37 Å². The molecule has 68 valence electrons. The third kappa shape index (κ3) is 6.58. The molecule has 11 heavy (non-hydrogen) atoms. The van der Waals surface area contributed by atoms with Crippen molar-refractivity contribution in [2.45, 2.75) is 26.7 Å². The minimum absolute atomic E-state index is 0.572. The molecule has 0 fully saturated rings. The molecule has 0 aromatic carbocycles. The monoisotopic (exact) mass is 178 g/mol. The zero-order valence-corrected chi connectivity index (χ0v) is 8.86. The first-order chi connectivity index (χ1) is 4.99. The molecule has 0 radical (unpaired) electrons. The summed E-state index contributed by atoms with van der Waals surface area (Å²) in [5, 5.41) is 0. The molecule has 0 unspecified atom stereocenters. The fourth-order valence-electron chi connectivity index (χ4n) is 0.809. The van der Waals surface area contributed by atoms with Crippen LogP contribution in [-0.4, -0.2) is 19.9 Å². The van der Waals surface area contributed by atoms with Gasteiger partial charge in [0, 0.05) is 13.3 Å². The van der Waals surface area contributed by atoms with Crippen LogP contribution in [0.1, 0.15) is 26.7 Å². The Kier molecular flexibility index (Phi) is 5.03. The molecular formula is C8H19O2P. The van der Waals surface area contributed by atoms with Crippen molar-refractivity contribution in [2.24, 2.45) is 5.92 Å². The Morgan fingerprint density at radius 2 is 1.73 bits per heavy atom. The molecule has 0 rings (SSSR count). The molecule has 0 aliphatic carbocycles. The SMILES string of the molecule is CCC(CC)COP(C)(C)=O. The van der Waals surface area contributed by atoms with Crippen molar-refractivity contribution in [1.82, 2.24) is 0 Å². The Morgan fingerprint density at radius 1 is 1.27 bits per heavy atom. The van der Waals surface area contributed by atoms with Crippen molar-refractivity contribution in [3.8, 4) is 0 Å². The van der Waals surface area contributed by atoms with Gasteiger partial charge in [0.25, 0.3) is 0 Å². The zero-order valence-electron chi connectivity index (χ0n) is 7.96. The number of hydrogen-bond acceptors (Lipinski definition) is 2. The fraction of sp³-hybridized carbons (Fsp3) is 1.00. The summed E-state index contributed by atoms with van der Waals surface area (Å²) in [5.74, 6) is 0.572. The molecule has 3 heteroatoms. The minimum atomic E-state index is -2.25. The first kappa shape index (κ1) is 11.2. The second-order valence-electron chi connectivity index (χ2n) is 3.23. The van der Waals surface area contributed by atoms with Crippen LogP contribution in [0.2, 0.25) is 0 Å². The molecule has 0 aliphatic heterocycles. The van der Waals surface area contributed by atoms with Gasteiger partial charge in [-0.05, 0) is 5.92 Å². The van der Waals surface area contributed by atoms with E-state index in [0.717, 1.165) is 12.8 Å².